The quantitative estimate of drug-likeness (QED) is 0.297. The van der Waals surface area contributed by atoms with E-state index in [9.17, 15) is 4.79 Å². The Morgan fingerprint density at radius 1 is 1.21 bits per heavy atom. The lowest BCUT2D eigenvalue weighted by atomic mass is 10.2. The Morgan fingerprint density at radius 3 is 2.46 bits per heavy atom. The zero-order chi connectivity index (χ0) is 17.9. The number of nitrogens with zero attached hydrogens (tertiary/aromatic N) is 1. The Balaban J connectivity index is 2.21. The molecule has 5 nitrogen and oxygen atoms in total. The molecular weight excluding hydrogens is 421 g/mol. The zero-order valence-electron chi connectivity index (χ0n) is 14.7. The first-order chi connectivity index (χ1) is 11.5. The molecule has 1 atom stereocenters. The van der Waals surface area contributed by atoms with Crippen LogP contribution in [0.25, 0.3) is 0 Å². The molecule has 136 valence electrons. The number of carbonyl (C=O) groups is 1. The van der Waals surface area contributed by atoms with Gasteiger partial charge in [0.2, 0.25) is 0 Å². The van der Waals surface area contributed by atoms with E-state index in [2.05, 4.69) is 22.6 Å². The Labute approximate surface area is 158 Å². The average molecular weight is 449 g/mol. The Hall–Kier alpha value is -0.860. The molecule has 0 saturated heterocycles. The maximum atomic E-state index is 11.1. The number of amides is 1. The summed E-state index contributed by atoms with van der Waals surface area (Å²) in [5.41, 5.74) is 1.05. The van der Waals surface area contributed by atoms with E-state index in [0.29, 0.717) is 13.2 Å². The largest absolute Gasteiger partial charge is 0.465 e. The van der Waals surface area contributed by atoms with E-state index >= 15 is 0 Å². The highest BCUT2D eigenvalue weighted by Crippen LogP contribution is 2.23. The van der Waals surface area contributed by atoms with Crippen molar-refractivity contribution in [3.05, 3.63) is 33.4 Å². The minimum atomic E-state index is -0.839. The van der Waals surface area contributed by atoms with Crippen molar-refractivity contribution in [3.63, 3.8) is 0 Å². The van der Waals surface area contributed by atoms with Crippen molar-refractivity contribution in [2.75, 3.05) is 20.3 Å². The normalized spacial score (nSPS) is 12.4. The van der Waals surface area contributed by atoms with Gasteiger partial charge in [0.25, 0.3) is 0 Å². The van der Waals surface area contributed by atoms with Crippen LogP contribution in [0.5, 0.6) is 0 Å². The van der Waals surface area contributed by atoms with Gasteiger partial charge in [0.05, 0.1) is 6.61 Å². The molecule has 1 amide bonds. The van der Waals surface area contributed by atoms with Gasteiger partial charge in [0, 0.05) is 28.8 Å². The lowest BCUT2D eigenvalue weighted by molar-refractivity contribution is -0.129. The van der Waals surface area contributed by atoms with Gasteiger partial charge in [-0.25, -0.2) is 4.79 Å². The number of rotatable bonds is 11. The van der Waals surface area contributed by atoms with Crippen molar-refractivity contribution < 1.29 is 19.4 Å². The molecule has 0 aliphatic carbocycles. The average Bonchev–Trinajstić information content (AvgIpc) is 2.54. The summed E-state index contributed by atoms with van der Waals surface area (Å²) in [4.78, 5) is 12.5. The van der Waals surface area contributed by atoms with Gasteiger partial charge in [-0.3, -0.25) is 0 Å². The fourth-order valence-corrected chi connectivity index (χ4v) is 3.10. The van der Waals surface area contributed by atoms with Crippen molar-refractivity contribution in [3.8, 4) is 0 Å². The van der Waals surface area contributed by atoms with Crippen molar-refractivity contribution >= 4 is 28.7 Å². The number of carboxylic acid groups (broad SMARTS) is 1. The van der Waals surface area contributed by atoms with Crippen LogP contribution in [-0.4, -0.2) is 42.4 Å². The van der Waals surface area contributed by atoms with Crippen molar-refractivity contribution in [1.82, 2.24) is 4.90 Å². The fourth-order valence-electron chi connectivity index (χ4n) is 2.45. The van der Waals surface area contributed by atoms with E-state index in [0.717, 1.165) is 34.8 Å². The number of ether oxygens (including phenoxy) is 2. The fraction of sp³-hybridized carbons (Fsp3) is 0.611. The molecule has 24 heavy (non-hydrogen) atoms. The first kappa shape index (κ1) is 21.2. The highest BCUT2D eigenvalue weighted by atomic mass is 127. The highest BCUT2D eigenvalue weighted by molar-refractivity contribution is 14.1. The number of methoxy groups -OCH3 is 1. The van der Waals surface area contributed by atoms with Gasteiger partial charge in [-0.2, -0.15) is 0 Å². The third kappa shape index (κ3) is 7.36. The third-order valence-corrected chi connectivity index (χ3v) is 4.79. The van der Waals surface area contributed by atoms with E-state index in [1.54, 1.807) is 7.11 Å². The molecule has 0 saturated carbocycles. The second-order valence-corrected chi connectivity index (χ2v) is 7.11. The summed E-state index contributed by atoms with van der Waals surface area (Å²) >= 11 is 2.28. The number of hydrogen-bond donors (Lipinski definition) is 1. The van der Waals surface area contributed by atoms with Crippen molar-refractivity contribution in [1.29, 1.82) is 0 Å². The van der Waals surface area contributed by atoms with E-state index in [1.165, 1.54) is 4.90 Å². The first-order valence-corrected chi connectivity index (χ1v) is 9.43. The first-order valence-electron chi connectivity index (χ1n) is 8.35. The van der Waals surface area contributed by atoms with Crippen LogP contribution in [-0.2, 0) is 9.47 Å². The summed E-state index contributed by atoms with van der Waals surface area (Å²) in [6.07, 6.45) is 2.68. The molecule has 0 aliphatic rings. The van der Waals surface area contributed by atoms with Crippen LogP contribution in [0.1, 0.15) is 51.4 Å². The number of hydrogen-bond acceptors (Lipinski definition) is 3. The third-order valence-electron chi connectivity index (χ3n) is 3.80. The van der Waals surface area contributed by atoms with Gasteiger partial charge in [-0.05, 0) is 55.3 Å². The van der Waals surface area contributed by atoms with E-state index in [1.807, 2.05) is 38.1 Å². The Kier molecular flexibility index (Phi) is 10.3. The molecule has 0 fully saturated rings. The zero-order valence-corrected chi connectivity index (χ0v) is 16.9. The lowest BCUT2D eigenvalue weighted by Gasteiger charge is -2.23. The number of halogens is 1. The summed E-state index contributed by atoms with van der Waals surface area (Å²) in [5.74, 6) is 0. The summed E-state index contributed by atoms with van der Waals surface area (Å²) in [5, 5.41) is 9.09. The van der Waals surface area contributed by atoms with Crippen LogP contribution in [0.2, 0.25) is 0 Å². The molecule has 1 N–H and O–H groups in total. The second kappa shape index (κ2) is 11.7. The molecule has 0 radical (unpaired) electrons. The Morgan fingerprint density at radius 2 is 1.88 bits per heavy atom. The second-order valence-electron chi connectivity index (χ2n) is 5.94. The van der Waals surface area contributed by atoms with Crippen LogP contribution in [0.4, 0.5) is 4.79 Å². The SMILES string of the molecule is CO[C@@H](OCCCCCCN(C(=O)O)C(C)C)c1ccccc1I. The molecular formula is C18H28INO4. The van der Waals surface area contributed by atoms with Crippen LogP contribution in [0, 0.1) is 3.57 Å². The van der Waals surface area contributed by atoms with Gasteiger partial charge in [-0.1, -0.05) is 31.0 Å². The summed E-state index contributed by atoms with van der Waals surface area (Å²) in [7, 11) is 1.65. The summed E-state index contributed by atoms with van der Waals surface area (Å²) in [6, 6.07) is 8.06. The molecule has 0 spiro atoms. The minimum Gasteiger partial charge on any atom is -0.465 e. The van der Waals surface area contributed by atoms with Gasteiger partial charge >= 0.3 is 6.09 Å². The standard InChI is InChI=1S/C18H28INO4/c1-14(2)20(18(21)22)12-8-4-5-9-13-24-17(23-3)15-10-6-7-11-16(15)19/h6-7,10-11,14,17H,4-5,8-9,12-13H2,1-3H3,(H,21,22)/t17-/m0/s1. The molecule has 1 aromatic rings. The molecule has 0 bridgehead atoms. The van der Waals surface area contributed by atoms with Gasteiger partial charge in [0.1, 0.15) is 0 Å². The van der Waals surface area contributed by atoms with E-state index in [4.69, 9.17) is 14.6 Å². The predicted molar refractivity (Wildman–Crippen MR) is 103 cm³/mol. The minimum absolute atomic E-state index is 0.0293. The maximum Gasteiger partial charge on any atom is 0.407 e. The maximum absolute atomic E-state index is 11.1. The molecule has 0 aliphatic heterocycles. The molecule has 1 aromatic carbocycles. The smallest absolute Gasteiger partial charge is 0.407 e. The van der Waals surface area contributed by atoms with Crippen LogP contribution < -0.4 is 0 Å². The summed E-state index contributed by atoms with van der Waals surface area (Å²) < 4.78 is 12.4. The predicted octanol–water partition coefficient (Wildman–Crippen LogP) is 4.90. The van der Waals surface area contributed by atoms with E-state index in [-0.39, 0.29) is 12.3 Å². The van der Waals surface area contributed by atoms with Gasteiger partial charge < -0.3 is 19.5 Å². The number of benzene rings is 1. The number of unbranched alkanes of at least 4 members (excludes halogenated alkanes) is 3. The molecule has 1 rings (SSSR count). The van der Waals surface area contributed by atoms with Crippen molar-refractivity contribution in [2.45, 2.75) is 51.9 Å². The Bertz CT molecular complexity index is 496. The molecule has 0 heterocycles. The molecule has 0 aromatic heterocycles. The molecule has 6 heteroatoms. The highest BCUT2D eigenvalue weighted by Gasteiger charge is 2.15. The topological polar surface area (TPSA) is 59.0 Å². The van der Waals surface area contributed by atoms with Gasteiger partial charge in [0.15, 0.2) is 6.29 Å². The van der Waals surface area contributed by atoms with Gasteiger partial charge in [-0.15, -0.1) is 0 Å². The van der Waals surface area contributed by atoms with Crippen LogP contribution in [0.15, 0.2) is 24.3 Å². The van der Waals surface area contributed by atoms with Crippen LogP contribution >= 0.6 is 22.6 Å². The lowest BCUT2D eigenvalue weighted by Crippen LogP contribution is -2.36. The van der Waals surface area contributed by atoms with E-state index < -0.39 is 6.09 Å². The summed E-state index contributed by atoms with van der Waals surface area (Å²) in [6.45, 7) is 5.03. The van der Waals surface area contributed by atoms with Crippen LogP contribution in [0.3, 0.4) is 0 Å². The van der Waals surface area contributed by atoms with Crippen molar-refractivity contribution in [2.24, 2.45) is 0 Å². The monoisotopic (exact) mass is 449 g/mol. The molecule has 0 unspecified atom stereocenters.